The van der Waals surface area contributed by atoms with Crippen LogP contribution in [0.1, 0.15) is 26.2 Å². The number of halogens is 1. The smallest absolute Gasteiger partial charge is 0.201 e. The standard InChI is InChI=1S/C13H16BrN3/c1-13(5-2-6-13)8-17-11-4-3-9(14)7-10(11)16-12(17)15/h3-4,7H,2,5-6,8H2,1H3,(H2,15,16). The molecule has 2 N–H and O–H groups in total. The van der Waals surface area contributed by atoms with Crippen LogP contribution >= 0.6 is 15.9 Å². The van der Waals surface area contributed by atoms with E-state index in [-0.39, 0.29) is 0 Å². The lowest BCUT2D eigenvalue weighted by atomic mass is 9.70. The molecule has 1 heterocycles. The minimum atomic E-state index is 0.412. The second-order valence-corrected chi connectivity index (χ2v) is 6.27. The van der Waals surface area contributed by atoms with E-state index >= 15 is 0 Å². The minimum absolute atomic E-state index is 0.412. The SMILES string of the molecule is CC1(Cn2c(N)nc3cc(Br)ccc32)CCC1. The fraction of sp³-hybridized carbons (Fsp3) is 0.462. The Morgan fingerprint density at radius 3 is 2.88 bits per heavy atom. The molecule has 1 aliphatic rings. The zero-order valence-corrected chi connectivity index (χ0v) is 11.5. The Morgan fingerprint density at radius 1 is 1.47 bits per heavy atom. The van der Waals surface area contributed by atoms with Crippen LogP contribution in [-0.4, -0.2) is 9.55 Å². The van der Waals surface area contributed by atoms with Crippen molar-refractivity contribution in [2.45, 2.75) is 32.7 Å². The number of nitrogen functional groups attached to an aromatic ring is 1. The highest BCUT2D eigenvalue weighted by molar-refractivity contribution is 9.10. The van der Waals surface area contributed by atoms with E-state index in [4.69, 9.17) is 5.73 Å². The Labute approximate surface area is 109 Å². The van der Waals surface area contributed by atoms with Gasteiger partial charge >= 0.3 is 0 Å². The summed E-state index contributed by atoms with van der Waals surface area (Å²) in [5.74, 6) is 0.631. The van der Waals surface area contributed by atoms with E-state index in [0.29, 0.717) is 11.4 Å². The summed E-state index contributed by atoms with van der Waals surface area (Å²) < 4.78 is 3.20. The van der Waals surface area contributed by atoms with Crippen molar-refractivity contribution >= 4 is 32.9 Å². The van der Waals surface area contributed by atoms with Crippen molar-refractivity contribution in [1.82, 2.24) is 9.55 Å². The zero-order chi connectivity index (χ0) is 12.0. The molecule has 1 saturated carbocycles. The normalized spacial score (nSPS) is 18.2. The minimum Gasteiger partial charge on any atom is -0.369 e. The fourth-order valence-electron chi connectivity index (χ4n) is 2.61. The molecule has 2 aromatic rings. The van der Waals surface area contributed by atoms with Gasteiger partial charge in [-0.05, 0) is 36.5 Å². The summed E-state index contributed by atoms with van der Waals surface area (Å²) in [5.41, 5.74) is 8.55. The maximum atomic E-state index is 6.03. The summed E-state index contributed by atoms with van der Waals surface area (Å²) in [7, 11) is 0. The van der Waals surface area contributed by atoms with E-state index in [0.717, 1.165) is 22.1 Å². The third kappa shape index (κ3) is 1.84. The maximum absolute atomic E-state index is 6.03. The van der Waals surface area contributed by atoms with Gasteiger partial charge in [0, 0.05) is 11.0 Å². The number of nitrogens with two attached hydrogens (primary N) is 1. The van der Waals surface area contributed by atoms with Crippen molar-refractivity contribution < 1.29 is 0 Å². The molecule has 90 valence electrons. The van der Waals surface area contributed by atoms with Gasteiger partial charge in [0.25, 0.3) is 0 Å². The quantitative estimate of drug-likeness (QED) is 0.920. The van der Waals surface area contributed by atoms with Crippen molar-refractivity contribution in [2.24, 2.45) is 5.41 Å². The molecular weight excluding hydrogens is 278 g/mol. The van der Waals surface area contributed by atoms with E-state index < -0.39 is 0 Å². The Morgan fingerprint density at radius 2 is 2.24 bits per heavy atom. The molecule has 1 fully saturated rings. The molecule has 0 atom stereocenters. The molecule has 0 bridgehead atoms. The van der Waals surface area contributed by atoms with Crippen molar-refractivity contribution in [2.75, 3.05) is 5.73 Å². The molecule has 17 heavy (non-hydrogen) atoms. The van der Waals surface area contributed by atoms with E-state index in [9.17, 15) is 0 Å². The van der Waals surface area contributed by atoms with Gasteiger partial charge in [-0.2, -0.15) is 0 Å². The molecule has 3 nitrogen and oxygen atoms in total. The number of hydrogen-bond donors (Lipinski definition) is 1. The van der Waals surface area contributed by atoms with Crippen LogP contribution in [0.25, 0.3) is 11.0 Å². The Kier molecular flexibility index (Phi) is 2.43. The summed E-state index contributed by atoms with van der Waals surface area (Å²) in [6.07, 6.45) is 3.93. The molecule has 0 unspecified atom stereocenters. The van der Waals surface area contributed by atoms with Crippen molar-refractivity contribution in [3.05, 3.63) is 22.7 Å². The van der Waals surface area contributed by atoms with Crippen LogP contribution in [0.5, 0.6) is 0 Å². The molecule has 0 radical (unpaired) electrons. The summed E-state index contributed by atoms with van der Waals surface area (Å²) in [6, 6.07) is 6.15. The molecule has 0 spiro atoms. The number of benzene rings is 1. The van der Waals surface area contributed by atoms with Gasteiger partial charge in [-0.3, -0.25) is 0 Å². The molecule has 4 heteroatoms. The zero-order valence-electron chi connectivity index (χ0n) is 9.91. The number of imidazole rings is 1. The van der Waals surface area contributed by atoms with Crippen molar-refractivity contribution in [3.63, 3.8) is 0 Å². The van der Waals surface area contributed by atoms with E-state index in [1.165, 1.54) is 19.3 Å². The topological polar surface area (TPSA) is 43.8 Å². The highest BCUT2D eigenvalue weighted by atomic mass is 79.9. The van der Waals surface area contributed by atoms with Crippen LogP contribution in [0.2, 0.25) is 0 Å². The lowest BCUT2D eigenvalue weighted by Gasteiger charge is -2.38. The number of nitrogens with zero attached hydrogens (tertiary/aromatic N) is 2. The molecule has 1 aromatic carbocycles. The molecule has 1 aliphatic carbocycles. The Bertz CT molecular complexity index is 569. The van der Waals surface area contributed by atoms with Gasteiger partial charge < -0.3 is 10.3 Å². The molecule has 1 aromatic heterocycles. The van der Waals surface area contributed by atoms with Crippen LogP contribution in [0.4, 0.5) is 5.95 Å². The fourth-order valence-corrected chi connectivity index (χ4v) is 2.96. The number of aromatic nitrogens is 2. The lowest BCUT2D eigenvalue weighted by Crippen LogP contribution is -2.31. The molecule has 0 saturated heterocycles. The third-order valence-electron chi connectivity index (χ3n) is 3.84. The lowest BCUT2D eigenvalue weighted by molar-refractivity contribution is 0.135. The van der Waals surface area contributed by atoms with E-state index in [1.807, 2.05) is 12.1 Å². The second kappa shape index (κ2) is 3.73. The number of hydrogen-bond acceptors (Lipinski definition) is 2. The second-order valence-electron chi connectivity index (χ2n) is 5.35. The van der Waals surface area contributed by atoms with Crippen LogP contribution in [0.3, 0.4) is 0 Å². The van der Waals surface area contributed by atoms with E-state index in [1.54, 1.807) is 0 Å². The van der Waals surface area contributed by atoms with Gasteiger partial charge in [0.1, 0.15) is 0 Å². The van der Waals surface area contributed by atoms with Crippen LogP contribution in [0, 0.1) is 5.41 Å². The maximum Gasteiger partial charge on any atom is 0.201 e. The van der Waals surface area contributed by atoms with Gasteiger partial charge in [0.05, 0.1) is 11.0 Å². The highest BCUT2D eigenvalue weighted by Crippen LogP contribution is 2.42. The van der Waals surface area contributed by atoms with Gasteiger partial charge in [-0.15, -0.1) is 0 Å². The largest absolute Gasteiger partial charge is 0.369 e. The van der Waals surface area contributed by atoms with Gasteiger partial charge in [0.15, 0.2) is 0 Å². The predicted octanol–water partition coefficient (Wildman–Crippen LogP) is 3.57. The number of anilines is 1. The van der Waals surface area contributed by atoms with Gasteiger partial charge in [-0.1, -0.05) is 29.3 Å². The first-order valence-electron chi connectivity index (χ1n) is 5.99. The van der Waals surface area contributed by atoms with E-state index in [2.05, 4.69) is 38.5 Å². The Hall–Kier alpha value is -1.03. The van der Waals surface area contributed by atoms with Crippen molar-refractivity contribution in [1.29, 1.82) is 0 Å². The van der Waals surface area contributed by atoms with Crippen LogP contribution in [-0.2, 0) is 6.54 Å². The third-order valence-corrected chi connectivity index (χ3v) is 4.33. The first kappa shape index (κ1) is 11.1. The number of rotatable bonds is 2. The monoisotopic (exact) mass is 293 g/mol. The Balaban J connectivity index is 2.06. The average Bonchev–Trinajstić information content (AvgIpc) is 2.52. The summed E-state index contributed by atoms with van der Waals surface area (Å²) in [5, 5.41) is 0. The molecule has 0 amide bonds. The predicted molar refractivity (Wildman–Crippen MR) is 73.8 cm³/mol. The summed E-state index contributed by atoms with van der Waals surface area (Å²) in [4.78, 5) is 4.43. The van der Waals surface area contributed by atoms with Gasteiger partial charge in [-0.25, -0.2) is 4.98 Å². The van der Waals surface area contributed by atoms with Gasteiger partial charge in [0.2, 0.25) is 5.95 Å². The summed E-state index contributed by atoms with van der Waals surface area (Å²) in [6.45, 7) is 3.32. The van der Waals surface area contributed by atoms with Crippen molar-refractivity contribution in [3.8, 4) is 0 Å². The van der Waals surface area contributed by atoms with Crippen LogP contribution in [0.15, 0.2) is 22.7 Å². The highest BCUT2D eigenvalue weighted by Gasteiger charge is 2.33. The first-order chi connectivity index (χ1) is 8.07. The first-order valence-corrected chi connectivity index (χ1v) is 6.78. The molecule has 3 rings (SSSR count). The average molecular weight is 294 g/mol. The van der Waals surface area contributed by atoms with Crippen LogP contribution < -0.4 is 5.73 Å². The molecule has 0 aliphatic heterocycles. The number of fused-ring (bicyclic) bond motifs is 1. The molecular formula is C13H16BrN3. The summed E-state index contributed by atoms with van der Waals surface area (Å²) >= 11 is 3.46.